The van der Waals surface area contributed by atoms with E-state index in [1.807, 2.05) is 20.8 Å². The average molecular weight is 194 g/mol. The van der Waals surface area contributed by atoms with Crippen molar-refractivity contribution in [3.8, 4) is 0 Å². The Morgan fingerprint density at radius 2 is 1.33 bits per heavy atom. The van der Waals surface area contributed by atoms with Crippen LogP contribution < -0.4 is 0 Å². The van der Waals surface area contributed by atoms with Crippen LogP contribution in [0.4, 0.5) is 4.20 Å². The van der Waals surface area contributed by atoms with Gasteiger partial charge in [-0.05, 0) is 0 Å². The Bertz CT molecular complexity index is 128. The number of hydrogen-bond acceptors (Lipinski definition) is 0. The average Bonchev–Trinajstić information content (AvgIpc) is 2.04. The third-order valence-corrected chi connectivity index (χ3v) is 9.58. The third kappa shape index (κ3) is 2.69. The van der Waals surface area contributed by atoms with E-state index in [1.165, 1.54) is 0 Å². The molecule has 0 bridgehead atoms. The molecule has 0 atom stereocenters. The second-order valence-electron chi connectivity index (χ2n) is 4.34. The van der Waals surface area contributed by atoms with Crippen molar-refractivity contribution in [1.82, 2.24) is 0 Å². The van der Waals surface area contributed by atoms with Gasteiger partial charge in [0.1, 0.15) is 0 Å². The molecule has 0 unspecified atom stereocenters. The van der Waals surface area contributed by atoms with Gasteiger partial charge in [0.15, 0.2) is 0 Å². The molecule has 0 aromatic heterocycles. The number of halogens is 1. The molecule has 0 fully saturated rings. The van der Waals surface area contributed by atoms with Crippen molar-refractivity contribution in [3.05, 3.63) is 0 Å². The van der Waals surface area contributed by atoms with Gasteiger partial charge in [0.25, 0.3) is 0 Å². The normalized spacial score (nSPS) is 16.1. The molecular formula is C10H24FP. The van der Waals surface area contributed by atoms with Gasteiger partial charge in [-0.2, -0.15) is 0 Å². The van der Waals surface area contributed by atoms with Gasteiger partial charge in [0.05, 0.1) is 0 Å². The van der Waals surface area contributed by atoms with Crippen LogP contribution >= 0.6 is 6.91 Å². The van der Waals surface area contributed by atoms with E-state index in [-0.39, 0.29) is 0 Å². The molecular weight excluding hydrogens is 170 g/mol. The molecule has 2 heteroatoms. The maximum absolute atomic E-state index is 14.7. The summed E-state index contributed by atoms with van der Waals surface area (Å²) in [6, 6.07) is 0. The van der Waals surface area contributed by atoms with Gasteiger partial charge in [-0.1, -0.05) is 0 Å². The minimum absolute atomic E-state index is 0.507. The first kappa shape index (κ1) is 12.4. The Morgan fingerprint density at radius 1 is 1.00 bits per heavy atom. The van der Waals surface area contributed by atoms with Crippen molar-refractivity contribution in [2.45, 2.75) is 34.6 Å². The summed E-state index contributed by atoms with van der Waals surface area (Å²) in [5, 5.41) is 0. The zero-order valence-corrected chi connectivity index (χ0v) is 10.1. The number of rotatable bonds is 5. The fourth-order valence-electron chi connectivity index (χ4n) is 1.97. The van der Waals surface area contributed by atoms with E-state index in [0.717, 1.165) is 24.6 Å². The second-order valence-corrected chi connectivity index (χ2v) is 10.2. The van der Waals surface area contributed by atoms with Gasteiger partial charge >= 0.3 is 76.3 Å². The fraction of sp³-hybridized carbons (Fsp3) is 1.00. The molecule has 0 radical (unpaired) electrons. The Labute approximate surface area is 77.0 Å². The minimum atomic E-state index is -2.75. The van der Waals surface area contributed by atoms with Crippen molar-refractivity contribution in [2.75, 3.05) is 24.6 Å². The Balaban J connectivity index is 4.58. The molecule has 12 heavy (non-hydrogen) atoms. The van der Waals surface area contributed by atoms with Gasteiger partial charge in [-0.15, -0.1) is 0 Å². The van der Waals surface area contributed by atoms with Crippen LogP contribution in [0.2, 0.25) is 0 Å². The molecule has 0 N–H and O–H groups in total. The molecule has 0 aliphatic carbocycles. The molecule has 76 valence electrons. The standard InChI is InChI=1S/C10H24FP/c1-6-12(11,7-2,8-3)9-10(4)5/h10H,6-9H2,1-5H3. The molecule has 0 saturated carbocycles. The third-order valence-electron chi connectivity index (χ3n) is 3.19. The van der Waals surface area contributed by atoms with Gasteiger partial charge in [-0.3, -0.25) is 0 Å². The molecule has 0 saturated heterocycles. The van der Waals surface area contributed by atoms with E-state index in [4.69, 9.17) is 0 Å². The van der Waals surface area contributed by atoms with E-state index >= 15 is 0 Å². The number of hydrogen-bond donors (Lipinski definition) is 0. The molecule has 0 nitrogen and oxygen atoms in total. The molecule has 0 rings (SSSR count). The quantitative estimate of drug-likeness (QED) is 0.577. The predicted octanol–water partition coefficient (Wildman–Crippen LogP) is 4.14. The van der Waals surface area contributed by atoms with Crippen LogP contribution in [0.1, 0.15) is 34.6 Å². The summed E-state index contributed by atoms with van der Waals surface area (Å²) in [5.74, 6) is 0.507. The van der Waals surface area contributed by atoms with Crippen molar-refractivity contribution in [3.63, 3.8) is 0 Å². The van der Waals surface area contributed by atoms with Crippen molar-refractivity contribution >= 4 is 6.91 Å². The molecule has 0 aromatic carbocycles. The van der Waals surface area contributed by atoms with E-state index in [0.29, 0.717) is 5.92 Å². The van der Waals surface area contributed by atoms with Crippen LogP contribution in [-0.4, -0.2) is 24.6 Å². The first-order valence-corrected chi connectivity index (χ1v) is 7.99. The van der Waals surface area contributed by atoms with Crippen LogP contribution in [0.15, 0.2) is 0 Å². The summed E-state index contributed by atoms with van der Waals surface area (Å²) in [7, 11) is 0. The van der Waals surface area contributed by atoms with Crippen LogP contribution in [0.3, 0.4) is 0 Å². The second kappa shape index (κ2) is 4.05. The van der Waals surface area contributed by atoms with E-state index in [9.17, 15) is 4.20 Å². The van der Waals surface area contributed by atoms with Crippen LogP contribution in [0.5, 0.6) is 0 Å². The van der Waals surface area contributed by atoms with E-state index < -0.39 is 6.91 Å². The molecule has 0 aliphatic heterocycles. The van der Waals surface area contributed by atoms with Gasteiger partial charge in [0, 0.05) is 0 Å². The topological polar surface area (TPSA) is 0 Å². The van der Waals surface area contributed by atoms with Crippen LogP contribution in [-0.2, 0) is 0 Å². The maximum atomic E-state index is 14.7. The molecule has 0 aliphatic rings. The fourth-order valence-corrected chi connectivity index (χ4v) is 5.91. The Hall–Kier alpha value is 0.360. The van der Waals surface area contributed by atoms with Crippen LogP contribution in [0, 0.1) is 5.92 Å². The first-order chi connectivity index (χ1) is 5.40. The summed E-state index contributed by atoms with van der Waals surface area (Å²) >= 11 is 0. The van der Waals surface area contributed by atoms with Crippen molar-refractivity contribution in [2.24, 2.45) is 5.92 Å². The summed E-state index contributed by atoms with van der Waals surface area (Å²) < 4.78 is 14.7. The Kier molecular flexibility index (Phi) is 4.17. The zero-order valence-electron chi connectivity index (χ0n) is 9.23. The zero-order chi connectivity index (χ0) is 9.85. The summed E-state index contributed by atoms with van der Waals surface area (Å²) in [4.78, 5) is 0. The predicted molar refractivity (Wildman–Crippen MR) is 59.4 cm³/mol. The van der Waals surface area contributed by atoms with Crippen molar-refractivity contribution < 1.29 is 4.20 Å². The summed E-state index contributed by atoms with van der Waals surface area (Å²) in [5.41, 5.74) is 0. The van der Waals surface area contributed by atoms with Gasteiger partial charge in [-0.25, -0.2) is 0 Å². The van der Waals surface area contributed by atoms with Crippen LogP contribution in [0.25, 0.3) is 0 Å². The molecule has 0 heterocycles. The van der Waals surface area contributed by atoms with E-state index in [2.05, 4.69) is 13.8 Å². The van der Waals surface area contributed by atoms with E-state index in [1.54, 1.807) is 0 Å². The molecule has 0 aromatic rings. The Morgan fingerprint density at radius 3 is 1.42 bits per heavy atom. The SMILES string of the molecule is CCP(F)(CC)(CC)CC(C)C. The summed E-state index contributed by atoms with van der Waals surface area (Å²) in [6.45, 7) is 7.57. The molecule has 0 amide bonds. The molecule has 0 spiro atoms. The van der Waals surface area contributed by atoms with Gasteiger partial charge in [0.2, 0.25) is 0 Å². The monoisotopic (exact) mass is 194 g/mol. The first-order valence-electron chi connectivity index (χ1n) is 5.12. The van der Waals surface area contributed by atoms with Crippen molar-refractivity contribution in [1.29, 1.82) is 0 Å². The summed E-state index contributed by atoms with van der Waals surface area (Å²) in [6.07, 6.45) is 3.15. The van der Waals surface area contributed by atoms with Gasteiger partial charge < -0.3 is 0 Å².